The Hall–Kier alpha value is -2.01. The number of halogens is 3. The molecule has 0 N–H and O–H groups in total. The van der Waals surface area contributed by atoms with E-state index in [-0.39, 0.29) is 0 Å². The van der Waals surface area contributed by atoms with Crippen LogP contribution >= 0.6 is 0 Å². The number of unbranched alkanes of at least 4 members (excludes halogenated alkanes) is 5. The van der Waals surface area contributed by atoms with E-state index in [4.69, 9.17) is 4.74 Å². The maximum absolute atomic E-state index is 12.7. The summed E-state index contributed by atoms with van der Waals surface area (Å²) >= 11 is 0. The van der Waals surface area contributed by atoms with E-state index in [0.717, 1.165) is 55.1 Å². The third-order valence-corrected chi connectivity index (χ3v) is 5.23. The number of nitrogens with zero attached hydrogens (tertiary/aromatic N) is 1. The molecule has 0 amide bonds. The summed E-state index contributed by atoms with van der Waals surface area (Å²) in [5, 5.41) is 0. The van der Waals surface area contributed by atoms with Gasteiger partial charge in [0.25, 0.3) is 0 Å². The standard InChI is InChI=1S/C25H34F3NO/c1-3-5-6-7-8-9-18-30-24-16-12-22(13-17-24)20-29(4-2)19-21-10-14-23(15-11-21)25(26,27)28/h10-17H,3-9,18-20H2,1-2H3. The highest BCUT2D eigenvalue weighted by molar-refractivity contribution is 5.28. The van der Waals surface area contributed by atoms with Gasteiger partial charge in [0.1, 0.15) is 5.75 Å². The van der Waals surface area contributed by atoms with Crippen LogP contribution in [0.15, 0.2) is 48.5 Å². The fraction of sp³-hybridized carbons (Fsp3) is 0.520. The first-order valence-corrected chi connectivity index (χ1v) is 11.0. The average molecular weight is 422 g/mol. The van der Waals surface area contributed by atoms with Gasteiger partial charge in [0.05, 0.1) is 12.2 Å². The van der Waals surface area contributed by atoms with Crippen molar-refractivity contribution in [2.75, 3.05) is 13.2 Å². The number of rotatable bonds is 13. The highest BCUT2D eigenvalue weighted by Gasteiger charge is 2.29. The maximum Gasteiger partial charge on any atom is 0.416 e. The lowest BCUT2D eigenvalue weighted by Gasteiger charge is -2.21. The van der Waals surface area contributed by atoms with Crippen molar-refractivity contribution < 1.29 is 17.9 Å². The predicted octanol–water partition coefficient (Wildman–Crippen LogP) is 7.47. The van der Waals surface area contributed by atoms with Gasteiger partial charge in [0, 0.05) is 13.1 Å². The first kappa shape index (κ1) is 24.3. The Morgan fingerprint density at radius 2 is 1.27 bits per heavy atom. The fourth-order valence-corrected chi connectivity index (χ4v) is 3.36. The summed E-state index contributed by atoms with van der Waals surface area (Å²) in [6.45, 7) is 7.21. The normalized spacial score (nSPS) is 11.8. The van der Waals surface area contributed by atoms with Gasteiger partial charge < -0.3 is 4.74 Å². The summed E-state index contributed by atoms with van der Waals surface area (Å²) in [6, 6.07) is 13.5. The van der Waals surface area contributed by atoms with Crippen molar-refractivity contribution in [2.24, 2.45) is 0 Å². The van der Waals surface area contributed by atoms with Crippen LogP contribution in [-0.2, 0) is 19.3 Å². The third kappa shape index (κ3) is 8.78. The van der Waals surface area contributed by atoms with Crippen molar-refractivity contribution in [1.29, 1.82) is 0 Å². The smallest absolute Gasteiger partial charge is 0.416 e. The second-order valence-electron chi connectivity index (χ2n) is 7.76. The Morgan fingerprint density at radius 1 is 0.733 bits per heavy atom. The van der Waals surface area contributed by atoms with E-state index in [9.17, 15) is 13.2 Å². The maximum atomic E-state index is 12.7. The minimum atomic E-state index is -4.29. The molecule has 166 valence electrons. The lowest BCUT2D eigenvalue weighted by molar-refractivity contribution is -0.137. The number of hydrogen-bond donors (Lipinski definition) is 0. The minimum absolute atomic E-state index is 0.606. The van der Waals surface area contributed by atoms with E-state index in [0.29, 0.717) is 6.54 Å². The number of hydrogen-bond acceptors (Lipinski definition) is 2. The van der Waals surface area contributed by atoms with Crippen LogP contribution in [0.3, 0.4) is 0 Å². The highest BCUT2D eigenvalue weighted by atomic mass is 19.4. The summed E-state index contributed by atoms with van der Waals surface area (Å²) < 4.78 is 44.0. The fourth-order valence-electron chi connectivity index (χ4n) is 3.36. The Kier molecular flexibility index (Phi) is 10.2. The van der Waals surface area contributed by atoms with Gasteiger partial charge >= 0.3 is 6.18 Å². The van der Waals surface area contributed by atoms with Crippen LogP contribution in [0.25, 0.3) is 0 Å². The zero-order valence-corrected chi connectivity index (χ0v) is 18.2. The number of alkyl halides is 3. The Morgan fingerprint density at radius 3 is 1.80 bits per heavy atom. The SMILES string of the molecule is CCCCCCCCOc1ccc(CN(CC)Cc2ccc(C(F)(F)F)cc2)cc1. The molecule has 2 rings (SSSR count). The molecule has 0 unspecified atom stereocenters. The van der Waals surface area contributed by atoms with Crippen molar-refractivity contribution in [1.82, 2.24) is 4.90 Å². The van der Waals surface area contributed by atoms with Crippen LogP contribution in [0.5, 0.6) is 5.75 Å². The molecule has 2 nitrogen and oxygen atoms in total. The van der Waals surface area contributed by atoms with Gasteiger partial charge in [0.15, 0.2) is 0 Å². The number of ether oxygens (including phenoxy) is 1. The lowest BCUT2D eigenvalue weighted by Crippen LogP contribution is -2.22. The van der Waals surface area contributed by atoms with Gasteiger partial charge in [-0.1, -0.05) is 70.2 Å². The van der Waals surface area contributed by atoms with E-state index in [2.05, 4.69) is 30.9 Å². The van der Waals surface area contributed by atoms with Crippen LogP contribution in [0.4, 0.5) is 13.2 Å². The molecule has 0 saturated carbocycles. The molecule has 0 aliphatic carbocycles. The third-order valence-electron chi connectivity index (χ3n) is 5.23. The minimum Gasteiger partial charge on any atom is -0.494 e. The van der Waals surface area contributed by atoms with Crippen molar-refractivity contribution in [3.05, 3.63) is 65.2 Å². The Bertz CT molecular complexity index is 711. The molecule has 2 aromatic carbocycles. The largest absolute Gasteiger partial charge is 0.494 e. The van der Waals surface area contributed by atoms with Gasteiger partial charge in [-0.3, -0.25) is 4.90 Å². The van der Waals surface area contributed by atoms with Gasteiger partial charge in [-0.2, -0.15) is 13.2 Å². The Labute approximate surface area is 179 Å². The predicted molar refractivity (Wildman–Crippen MR) is 117 cm³/mol. The summed E-state index contributed by atoms with van der Waals surface area (Å²) in [6.07, 6.45) is 3.18. The second kappa shape index (κ2) is 12.6. The molecular formula is C25H34F3NO. The molecular weight excluding hydrogens is 387 g/mol. The first-order valence-electron chi connectivity index (χ1n) is 11.0. The van der Waals surface area contributed by atoms with Crippen LogP contribution in [-0.4, -0.2) is 18.1 Å². The summed E-state index contributed by atoms with van der Waals surface area (Å²) in [5.41, 5.74) is 1.44. The highest BCUT2D eigenvalue weighted by Crippen LogP contribution is 2.29. The monoisotopic (exact) mass is 421 g/mol. The molecule has 0 atom stereocenters. The van der Waals surface area contributed by atoms with Crippen molar-refractivity contribution in [2.45, 2.75) is 71.6 Å². The zero-order valence-electron chi connectivity index (χ0n) is 18.2. The molecule has 0 bridgehead atoms. The van der Waals surface area contributed by atoms with Crippen LogP contribution in [0.1, 0.15) is 69.1 Å². The van der Waals surface area contributed by atoms with Gasteiger partial charge in [-0.25, -0.2) is 0 Å². The molecule has 0 fully saturated rings. The van der Waals surface area contributed by atoms with E-state index in [1.54, 1.807) is 12.1 Å². The first-order chi connectivity index (χ1) is 14.4. The summed E-state index contributed by atoms with van der Waals surface area (Å²) in [5.74, 6) is 0.887. The second-order valence-corrected chi connectivity index (χ2v) is 7.76. The molecule has 0 aliphatic rings. The van der Waals surface area contributed by atoms with Crippen LogP contribution < -0.4 is 4.74 Å². The molecule has 5 heteroatoms. The number of benzene rings is 2. The van der Waals surface area contributed by atoms with E-state index < -0.39 is 11.7 Å². The summed E-state index contributed by atoms with van der Waals surface area (Å²) in [4.78, 5) is 2.20. The molecule has 0 aliphatic heterocycles. The van der Waals surface area contributed by atoms with E-state index >= 15 is 0 Å². The van der Waals surface area contributed by atoms with Gasteiger partial charge in [-0.05, 0) is 48.4 Å². The topological polar surface area (TPSA) is 12.5 Å². The van der Waals surface area contributed by atoms with E-state index in [1.165, 1.54) is 32.1 Å². The van der Waals surface area contributed by atoms with Crippen molar-refractivity contribution >= 4 is 0 Å². The quantitative estimate of drug-likeness (QED) is 0.311. The molecule has 30 heavy (non-hydrogen) atoms. The molecule has 0 aromatic heterocycles. The van der Waals surface area contributed by atoms with Gasteiger partial charge in [0.2, 0.25) is 0 Å². The molecule has 2 aromatic rings. The zero-order chi connectivity index (χ0) is 21.8. The molecule has 0 saturated heterocycles. The van der Waals surface area contributed by atoms with Crippen molar-refractivity contribution in [3.63, 3.8) is 0 Å². The molecule has 0 heterocycles. The van der Waals surface area contributed by atoms with Gasteiger partial charge in [-0.15, -0.1) is 0 Å². The average Bonchev–Trinajstić information content (AvgIpc) is 2.73. The van der Waals surface area contributed by atoms with Crippen LogP contribution in [0.2, 0.25) is 0 Å². The Balaban J connectivity index is 1.77. The lowest BCUT2D eigenvalue weighted by atomic mass is 10.1. The molecule has 0 radical (unpaired) electrons. The van der Waals surface area contributed by atoms with Crippen LogP contribution in [0, 0.1) is 0 Å². The van der Waals surface area contributed by atoms with Crippen molar-refractivity contribution in [3.8, 4) is 5.75 Å². The van der Waals surface area contributed by atoms with E-state index in [1.807, 2.05) is 12.1 Å². The summed E-state index contributed by atoms with van der Waals surface area (Å²) in [7, 11) is 0. The molecule has 0 spiro atoms.